The topological polar surface area (TPSA) is 34.9 Å². The van der Waals surface area contributed by atoms with Gasteiger partial charge in [0, 0.05) is 6.07 Å². The first-order chi connectivity index (χ1) is 9.72. The van der Waals surface area contributed by atoms with Gasteiger partial charge in [-0.3, -0.25) is 4.79 Å². The molecule has 3 rings (SSSR count). The first-order valence-electron chi connectivity index (χ1n) is 7.28. The zero-order valence-corrected chi connectivity index (χ0v) is 11.8. The van der Waals surface area contributed by atoms with Crippen molar-refractivity contribution in [3.8, 4) is 0 Å². The molecule has 1 saturated carbocycles. The summed E-state index contributed by atoms with van der Waals surface area (Å²) in [4.78, 5) is 11.8. The molecule has 0 unspecified atom stereocenters. The van der Waals surface area contributed by atoms with Crippen LogP contribution in [-0.4, -0.2) is 9.78 Å². The number of hydrogen-bond acceptors (Lipinski definition) is 2. The Hall–Kier alpha value is -1.90. The zero-order chi connectivity index (χ0) is 13.9. The average molecular weight is 267 g/mol. The van der Waals surface area contributed by atoms with Gasteiger partial charge in [-0.2, -0.15) is 5.10 Å². The number of benzene rings is 1. The third-order valence-electron chi connectivity index (χ3n) is 4.02. The maximum Gasteiger partial charge on any atom is 0.267 e. The van der Waals surface area contributed by atoms with E-state index in [1.807, 2.05) is 19.1 Å². The number of hydrogen-bond donors (Lipinski definition) is 0. The Morgan fingerprint density at radius 1 is 1.30 bits per heavy atom. The van der Waals surface area contributed by atoms with Gasteiger partial charge in [-0.25, -0.2) is 4.68 Å². The average Bonchev–Trinajstić information content (AvgIpc) is 2.97. The fraction of sp³-hybridized carbons (Fsp3) is 0.412. The van der Waals surface area contributed by atoms with Crippen molar-refractivity contribution in [2.45, 2.75) is 45.1 Å². The highest BCUT2D eigenvalue weighted by Gasteiger charge is 2.17. The molecule has 0 atom stereocenters. The number of nitrogens with zero attached hydrogens (tertiary/aromatic N) is 2. The molecule has 0 aliphatic heterocycles. The maximum absolute atomic E-state index is 11.8. The lowest BCUT2D eigenvalue weighted by atomic mass is 9.96. The molecule has 0 saturated heterocycles. The van der Waals surface area contributed by atoms with Gasteiger partial charge in [0.15, 0.2) is 0 Å². The minimum atomic E-state index is -0.0501. The van der Waals surface area contributed by atoms with Crippen LogP contribution in [-0.2, 0) is 6.54 Å². The van der Waals surface area contributed by atoms with Gasteiger partial charge in [-0.15, -0.1) is 0 Å². The summed E-state index contributed by atoms with van der Waals surface area (Å²) in [7, 11) is 0. The molecule has 103 valence electrons. The molecule has 1 radical (unpaired) electrons. The lowest BCUT2D eigenvalue weighted by Gasteiger charge is -2.11. The second kappa shape index (κ2) is 5.61. The van der Waals surface area contributed by atoms with Crippen LogP contribution in [0.1, 0.15) is 48.4 Å². The van der Waals surface area contributed by atoms with Crippen LogP contribution in [0, 0.1) is 13.0 Å². The molecule has 1 aromatic carbocycles. The van der Waals surface area contributed by atoms with E-state index < -0.39 is 0 Å². The third kappa shape index (κ3) is 2.82. The summed E-state index contributed by atoms with van der Waals surface area (Å²) >= 11 is 0. The standard InChI is InChI=1S/C17H19N2O/c1-13-9-10-17(20)19(18-13)12-14-5-4-8-16(11-14)15-6-2-3-7-15/h4-5,9-11,15H,2-3,6-7,12H2,1H3. The van der Waals surface area contributed by atoms with Crippen molar-refractivity contribution in [1.29, 1.82) is 0 Å². The highest BCUT2D eigenvalue weighted by molar-refractivity contribution is 5.26. The van der Waals surface area contributed by atoms with E-state index in [9.17, 15) is 4.79 Å². The van der Waals surface area contributed by atoms with E-state index in [1.165, 1.54) is 35.9 Å². The number of aromatic nitrogens is 2. The SMILES string of the molecule is Cc1ccc(=O)n(Cc2cc[c]c(C3CCCC3)c2)n1. The second-order valence-corrected chi connectivity index (χ2v) is 5.60. The van der Waals surface area contributed by atoms with Crippen LogP contribution in [0.15, 0.2) is 35.1 Å². The third-order valence-corrected chi connectivity index (χ3v) is 4.02. The molecule has 0 bridgehead atoms. The molecule has 1 fully saturated rings. The van der Waals surface area contributed by atoms with Gasteiger partial charge in [0.1, 0.15) is 0 Å². The molecule has 1 aliphatic carbocycles. The molecule has 2 aromatic rings. The molecule has 0 spiro atoms. The number of rotatable bonds is 3. The molecule has 3 heteroatoms. The van der Waals surface area contributed by atoms with Crippen LogP contribution >= 0.6 is 0 Å². The Bertz CT molecular complexity index is 654. The number of aryl methyl sites for hydroxylation is 1. The molecule has 0 amide bonds. The van der Waals surface area contributed by atoms with E-state index >= 15 is 0 Å². The predicted octanol–water partition coefficient (Wildman–Crippen LogP) is 3.06. The summed E-state index contributed by atoms with van der Waals surface area (Å²) in [6, 6.07) is 12.9. The minimum Gasteiger partial charge on any atom is -0.268 e. The summed E-state index contributed by atoms with van der Waals surface area (Å²) in [6.07, 6.45) is 5.18. The Balaban J connectivity index is 1.85. The molecule has 3 nitrogen and oxygen atoms in total. The summed E-state index contributed by atoms with van der Waals surface area (Å²) in [6.45, 7) is 2.44. The fourth-order valence-corrected chi connectivity index (χ4v) is 2.94. The van der Waals surface area contributed by atoms with Crippen LogP contribution in [0.2, 0.25) is 0 Å². The van der Waals surface area contributed by atoms with Crippen molar-refractivity contribution in [2.24, 2.45) is 0 Å². The van der Waals surface area contributed by atoms with Gasteiger partial charge >= 0.3 is 0 Å². The molecule has 20 heavy (non-hydrogen) atoms. The fourth-order valence-electron chi connectivity index (χ4n) is 2.94. The van der Waals surface area contributed by atoms with Gasteiger partial charge in [0.05, 0.1) is 12.2 Å². The van der Waals surface area contributed by atoms with E-state index in [1.54, 1.807) is 12.1 Å². The molecular weight excluding hydrogens is 248 g/mol. The van der Waals surface area contributed by atoms with Gasteiger partial charge in [0.2, 0.25) is 0 Å². The molecule has 1 aromatic heterocycles. The van der Waals surface area contributed by atoms with Crippen molar-refractivity contribution in [3.63, 3.8) is 0 Å². The van der Waals surface area contributed by atoms with E-state index in [4.69, 9.17) is 0 Å². The highest BCUT2D eigenvalue weighted by Crippen LogP contribution is 2.33. The lowest BCUT2D eigenvalue weighted by Crippen LogP contribution is -2.23. The van der Waals surface area contributed by atoms with E-state index in [0.29, 0.717) is 12.5 Å². The summed E-state index contributed by atoms with van der Waals surface area (Å²) in [5, 5.41) is 4.29. The minimum absolute atomic E-state index is 0.0501. The summed E-state index contributed by atoms with van der Waals surface area (Å²) < 4.78 is 1.53. The van der Waals surface area contributed by atoms with Crippen LogP contribution in [0.3, 0.4) is 0 Å². The van der Waals surface area contributed by atoms with Crippen LogP contribution in [0.4, 0.5) is 0 Å². The summed E-state index contributed by atoms with van der Waals surface area (Å²) in [5.74, 6) is 0.650. The molecule has 0 N–H and O–H groups in total. The van der Waals surface area contributed by atoms with Crippen LogP contribution in [0.5, 0.6) is 0 Å². The van der Waals surface area contributed by atoms with Crippen molar-refractivity contribution in [1.82, 2.24) is 9.78 Å². The second-order valence-electron chi connectivity index (χ2n) is 5.60. The predicted molar refractivity (Wildman–Crippen MR) is 78.8 cm³/mol. The van der Waals surface area contributed by atoms with E-state index in [0.717, 1.165) is 11.3 Å². The normalized spacial score (nSPS) is 15.7. The van der Waals surface area contributed by atoms with Gasteiger partial charge < -0.3 is 0 Å². The Labute approximate surface area is 119 Å². The monoisotopic (exact) mass is 267 g/mol. The van der Waals surface area contributed by atoms with Crippen molar-refractivity contribution in [3.05, 3.63) is 63.6 Å². The Kier molecular flexibility index (Phi) is 3.68. The maximum atomic E-state index is 11.8. The largest absolute Gasteiger partial charge is 0.268 e. The Morgan fingerprint density at radius 2 is 2.10 bits per heavy atom. The van der Waals surface area contributed by atoms with E-state index in [-0.39, 0.29) is 5.56 Å². The summed E-state index contributed by atoms with van der Waals surface area (Å²) in [5.41, 5.74) is 3.24. The van der Waals surface area contributed by atoms with Gasteiger partial charge in [-0.05, 0) is 48.9 Å². The van der Waals surface area contributed by atoms with Gasteiger partial charge in [-0.1, -0.05) is 31.0 Å². The van der Waals surface area contributed by atoms with Crippen LogP contribution < -0.4 is 5.56 Å². The Morgan fingerprint density at radius 3 is 2.90 bits per heavy atom. The first kappa shape index (κ1) is 13.1. The highest BCUT2D eigenvalue weighted by atomic mass is 16.1. The van der Waals surface area contributed by atoms with Crippen LogP contribution in [0.25, 0.3) is 0 Å². The first-order valence-corrected chi connectivity index (χ1v) is 7.28. The van der Waals surface area contributed by atoms with Crippen molar-refractivity contribution >= 4 is 0 Å². The molecule has 1 aliphatic rings. The zero-order valence-electron chi connectivity index (χ0n) is 11.8. The van der Waals surface area contributed by atoms with Crippen molar-refractivity contribution < 1.29 is 0 Å². The molecular formula is C17H19N2O. The van der Waals surface area contributed by atoms with Gasteiger partial charge in [0.25, 0.3) is 5.56 Å². The molecule has 1 heterocycles. The smallest absolute Gasteiger partial charge is 0.267 e. The van der Waals surface area contributed by atoms with Crippen molar-refractivity contribution in [2.75, 3.05) is 0 Å². The van der Waals surface area contributed by atoms with E-state index in [2.05, 4.69) is 17.2 Å². The quantitative estimate of drug-likeness (QED) is 0.856. The lowest BCUT2D eigenvalue weighted by molar-refractivity contribution is 0.626.